The molecule has 2 heterocycles. The molecule has 0 radical (unpaired) electrons. The molecule has 7 nitrogen and oxygen atoms in total. The number of ketones is 1. The normalized spacial score (nSPS) is 20.8. The summed E-state index contributed by atoms with van der Waals surface area (Å²) in [5, 5.41) is 6.26. The first-order chi connectivity index (χ1) is 16.4. The molecule has 3 atom stereocenters. The van der Waals surface area contributed by atoms with Gasteiger partial charge in [-0.3, -0.25) is 9.36 Å². The first-order valence-corrected chi connectivity index (χ1v) is 11.6. The van der Waals surface area contributed by atoms with Crippen molar-refractivity contribution in [1.29, 1.82) is 0 Å². The Hall–Kier alpha value is -3.39. The van der Waals surface area contributed by atoms with Gasteiger partial charge in [-0.2, -0.15) is 0 Å². The molecule has 2 aliphatic rings. The van der Waals surface area contributed by atoms with Crippen LogP contribution in [-0.4, -0.2) is 46.4 Å². The summed E-state index contributed by atoms with van der Waals surface area (Å²) in [7, 11) is 1.54. The van der Waals surface area contributed by atoms with E-state index in [-0.39, 0.29) is 41.8 Å². The van der Waals surface area contributed by atoms with Crippen molar-refractivity contribution >= 4 is 46.0 Å². The van der Waals surface area contributed by atoms with Crippen LogP contribution in [0.25, 0.3) is 10.9 Å². The van der Waals surface area contributed by atoms with Crippen molar-refractivity contribution in [3.8, 4) is 0 Å². The van der Waals surface area contributed by atoms with E-state index in [0.717, 1.165) is 11.8 Å². The second-order valence-electron chi connectivity index (χ2n) is 8.82. The van der Waals surface area contributed by atoms with E-state index < -0.39 is 11.9 Å². The molecule has 1 aliphatic carbocycles. The molecule has 1 saturated heterocycles. The zero-order valence-electron chi connectivity index (χ0n) is 18.6. The molecule has 2 fully saturated rings. The molecular formula is C25H24ClFN4O3. The number of urea groups is 1. The van der Waals surface area contributed by atoms with Gasteiger partial charge in [-0.1, -0.05) is 41.9 Å². The second kappa shape index (κ2) is 8.76. The maximum atomic E-state index is 14.2. The number of hydrogen-bond acceptors (Lipinski definition) is 3. The minimum atomic E-state index is -0.543. The van der Waals surface area contributed by atoms with Crippen LogP contribution in [0.5, 0.6) is 0 Å². The summed E-state index contributed by atoms with van der Waals surface area (Å²) >= 11 is 5.85. The average Bonchev–Trinajstić information content (AvgIpc) is 3.35. The number of anilines is 1. The first-order valence-electron chi connectivity index (χ1n) is 11.3. The molecule has 2 aromatic carbocycles. The van der Waals surface area contributed by atoms with Crippen molar-refractivity contribution in [2.45, 2.75) is 37.8 Å². The molecule has 1 aromatic heterocycles. The van der Waals surface area contributed by atoms with Crippen LogP contribution in [0.4, 0.5) is 19.7 Å². The third-order valence-electron chi connectivity index (χ3n) is 6.77. The standard InChI is InChI=1S/C25H24ClFN4O3/c1-28-24(33)30-13-18(16-6-2-3-8-19(16)30)29-25(34)31-20-11-15(20)12-21(31)22(32)10-9-14-5-4-7-17(26)23(14)27/h2-8,13,15,20-21H,9-12H2,1H3,(H,28,33)(H,29,34)/t15-,20-,21+/m1/s1. The number of amides is 3. The summed E-state index contributed by atoms with van der Waals surface area (Å²) in [4.78, 5) is 40.3. The van der Waals surface area contributed by atoms with Crippen LogP contribution in [0.3, 0.4) is 0 Å². The Morgan fingerprint density at radius 2 is 1.88 bits per heavy atom. The third-order valence-corrected chi connectivity index (χ3v) is 7.06. The van der Waals surface area contributed by atoms with E-state index in [1.807, 2.05) is 18.2 Å². The summed E-state index contributed by atoms with van der Waals surface area (Å²) < 4.78 is 15.7. The topological polar surface area (TPSA) is 83.4 Å². The van der Waals surface area contributed by atoms with Crippen LogP contribution in [0.2, 0.25) is 5.02 Å². The minimum Gasteiger partial charge on any atom is -0.340 e. The van der Waals surface area contributed by atoms with E-state index in [9.17, 15) is 18.8 Å². The fraction of sp³-hybridized carbons (Fsp3) is 0.320. The highest BCUT2D eigenvalue weighted by Crippen LogP contribution is 2.48. The number of piperidine rings is 1. The van der Waals surface area contributed by atoms with Gasteiger partial charge in [0.15, 0.2) is 5.78 Å². The number of hydrogen-bond donors (Lipinski definition) is 2. The van der Waals surface area contributed by atoms with Crippen LogP contribution in [0.15, 0.2) is 48.7 Å². The van der Waals surface area contributed by atoms with Gasteiger partial charge in [-0.15, -0.1) is 0 Å². The molecule has 0 bridgehead atoms. The summed E-state index contributed by atoms with van der Waals surface area (Å²) in [6.45, 7) is 0. The largest absolute Gasteiger partial charge is 0.340 e. The third kappa shape index (κ3) is 3.92. The molecule has 0 spiro atoms. The number of nitrogens with one attached hydrogen (secondary N) is 2. The van der Waals surface area contributed by atoms with Gasteiger partial charge in [0.05, 0.1) is 22.3 Å². The Balaban J connectivity index is 1.33. The van der Waals surface area contributed by atoms with E-state index in [0.29, 0.717) is 29.1 Å². The van der Waals surface area contributed by atoms with Crippen molar-refractivity contribution in [3.05, 3.63) is 65.1 Å². The average molecular weight is 483 g/mol. The predicted molar refractivity (Wildman–Crippen MR) is 128 cm³/mol. The fourth-order valence-electron chi connectivity index (χ4n) is 4.95. The summed E-state index contributed by atoms with van der Waals surface area (Å²) in [6.07, 6.45) is 3.43. The molecule has 2 N–H and O–H groups in total. The van der Waals surface area contributed by atoms with Crippen LogP contribution < -0.4 is 10.6 Å². The monoisotopic (exact) mass is 482 g/mol. The molecule has 1 saturated carbocycles. The highest BCUT2D eigenvalue weighted by Gasteiger charge is 2.55. The molecule has 0 unspecified atom stereocenters. The van der Waals surface area contributed by atoms with Gasteiger partial charge in [0.2, 0.25) is 0 Å². The lowest BCUT2D eigenvalue weighted by atomic mass is 10.00. The highest BCUT2D eigenvalue weighted by atomic mass is 35.5. The van der Waals surface area contributed by atoms with E-state index in [4.69, 9.17) is 11.6 Å². The molecule has 1 aliphatic heterocycles. The minimum absolute atomic E-state index is 0.0315. The number of rotatable bonds is 5. The fourth-order valence-corrected chi connectivity index (χ4v) is 5.14. The number of benzene rings is 2. The van der Waals surface area contributed by atoms with Gasteiger partial charge < -0.3 is 15.5 Å². The summed E-state index contributed by atoms with van der Waals surface area (Å²) in [6, 6.07) is 10.8. The number of aromatic nitrogens is 1. The zero-order valence-corrected chi connectivity index (χ0v) is 19.3. The first kappa shape index (κ1) is 22.4. The Morgan fingerprint density at radius 3 is 2.68 bits per heavy atom. The van der Waals surface area contributed by atoms with Crippen molar-refractivity contribution < 1.29 is 18.8 Å². The number of para-hydroxylation sites is 1. The summed E-state index contributed by atoms with van der Waals surface area (Å²) in [5.74, 6) is -0.280. The van der Waals surface area contributed by atoms with Gasteiger partial charge in [-0.25, -0.2) is 14.0 Å². The van der Waals surface area contributed by atoms with Crippen molar-refractivity contribution in [3.63, 3.8) is 0 Å². The van der Waals surface area contributed by atoms with E-state index in [2.05, 4.69) is 10.6 Å². The van der Waals surface area contributed by atoms with Gasteiger partial charge in [0.1, 0.15) is 5.82 Å². The quantitative estimate of drug-likeness (QED) is 0.547. The van der Waals surface area contributed by atoms with E-state index in [1.54, 1.807) is 29.3 Å². The van der Waals surface area contributed by atoms with Gasteiger partial charge in [0.25, 0.3) is 0 Å². The Labute approximate surface area is 200 Å². The Bertz CT molecular complexity index is 1310. The zero-order chi connectivity index (χ0) is 24.0. The molecule has 34 heavy (non-hydrogen) atoms. The molecule has 3 aromatic rings. The van der Waals surface area contributed by atoms with Crippen molar-refractivity contribution in [1.82, 2.24) is 14.8 Å². The van der Waals surface area contributed by atoms with Crippen LogP contribution >= 0.6 is 11.6 Å². The Morgan fingerprint density at radius 1 is 1.09 bits per heavy atom. The Kier molecular flexibility index (Phi) is 5.77. The molecular weight excluding hydrogens is 459 g/mol. The number of halogens is 2. The number of likely N-dealkylation sites (tertiary alicyclic amines) is 1. The number of Topliss-reactive ketones (excluding diaryl/α,β-unsaturated/α-hetero) is 1. The van der Waals surface area contributed by atoms with Gasteiger partial charge in [-0.05, 0) is 42.9 Å². The van der Waals surface area contributed by atoms with Crippen LogP contribution in [0, 0.1) is 11.7 Å². The molecule has 3 amide bonds. The second-order valence-corrected chi connectivity index (χ2v) is 9.22. The molecule has 176 valence electrons. The number of nitrogens with zero attached hydrogens (tertiary/aromatic N) is 2. The number of aryl methyl sites for hydroxylation is 1. The van der Waals surface area contributed by atoms with Gasteiger partial charge in [0, 0.05) is 31.1 Å². The number of fused-ring (bicyclic) bond motifs is 2. The van der Waals surface area contributed by atoms with E-state index in [1.165, 1.54) is 17.7 Å². The van der Waals surface area contributed by atoms with Crippen molar-refractivity contribution in [2.24, 2.45) is 5.92 Å². The SMILES string of the molecule is CNC(=O)n1cc(NC(=O)N2[C@@H]3C[C@@H]3C[C@H]2C(=O)CCc2cccc(Cl)c2F)c2ccccc21. The lowest BCUT2D eigenvalue weighted by Gasteiger charge is -2.27. The lowest BCUT2D eigenvalue weighted by molar-refractivity contribution is -0.123. The van der Waals surface area contributed by atoms with Crippen LogP contribution in [-0.2, 0) is 11.2 Å². The maximum absolute atomic E-state index is 14.2. The van der Waals surface area contributed by atoms with Gasteiger partial charge >= 0.3 is 12.1 Å². The number of carbonyl (C=O) groups excluding carboxylic acids is 3. The maximum Gasteiger partial charge on any atom is 0.325 e. The predicted octanol–water partition coefficient (Wildman–Crippen LogP) is 4.82. The summed E-state index contributed by atoms with van der Waals surface area (Å²) in [5.41, 5.74) is 1.56. The van der Waals surface area contributed by atoms with Crippen LogP contribution in [0.1, 0.15) is 24.8 Å². The molecule has 5 rings (SSSR count). The van der Waals surface area contributed by atoms with Crippen molar-refractivity contribution in [2.75, 3.05) is 12.4 Å². The lowest BCUT2D eigenvalue weighted by Crippen LogP contribution is -2.45. The highest BCUT2D eigenvalue weighted by molar-refractivity contribution is 6.30. The van der Waals surface area contributed by atoms with E-state index >= 15 is 0 Å². The smallest absolute Gasteiger partial charge is 0.325 e. The number of carbonyl (C=O) groups is 3. The molecule has 9 heteroatoms.